The zero-order valence-electron chi connectivity index (χ0n) is 14.0. The second-order valence-corrected chi connectivity index (χ2v) is 12.2. The third-order valence-corrected chi connectivity index (χ3v) is 5.18. The van der Waals surface area contributed by atoms with Crippen molar-refractivity contribution >= 4 is 19.5 Å². The van der Waals surface area contributed by atoms with E-state index in [1.807, 2.05) is 24.3 Å². The Morgan fingerprint density at radius 2 is 1.65 bits per heavy atom. The first kappa shape index (κ1) is 15.8. The largest absolute Gasteiger partial charge is 0.362 e. The van der Waals surface area contributed by atoms with Crippen molar-refractivity contribution in [2.75, 3.05) is 11.4 Å². The van der Waals surface area contributed by atoms with Crippen LogP contribution < -0.4 is 4.90 Å². The standard InChI is InChI=1S/C20H23NOSi/c1-23(2,3)15-17-14-21(13-16-9-5-4-6-10-16)19-12-8-7-11-18(19)20(17)22/h4-12,15H,13-14H2,1-3H3. The van der Waals surface area contributed by atoms with Crippen LogP contribution in [0.5, 0.6) is 0 Å². The van der Waals surface area contributed by atoms with Gasteiger partial charge in [0.2, 0.25) is 0 Å². The second kappa shape index (κ2) is 6.17. The number of rotatable bonds is 3. The third-order valence-electron chi connectivity index (χ3n) is 3.97. The Morgan fingerprint density at radius 3 is 2.35 bits per heavy atom. The molecule has 2 aromatic rings. The van der Waals surface area contributed by atoms with Gasteiger partial charge in [0.05, 0.1) is 8.07 Å². The smallest absolute Gasteiger partial charge is 0.192 e. The SMILES string of the molecule is C[Si](C)(C)C=C1CN(Cc2ccccc2)c2ccccc2C1=O. The van der Waals surface area contributed by atoms with Gasteiger partial charge in [-0.15, -0.1) is 0 Å². The number of carbonyl (C=O) groups is 1. The first-order chi connectivity index (χ1) is 10.9. The Balaban J connectivity index is 2.00. The van der Waals surface area contributed by atoms with Gasteiger partial charge in [-0.3, -0.25) is 4.79 Å². The summed E-state index contributed by atoms with van der Waals surface area (Å²) in [5.41, 5.74) is 6.36. The molecule has 23 heavy (non-hydrogen) atoms. The molecule has 0 atom stereocenters. The van der Waals surface area contributed by atoms with Crippen molar-refractivity contribution < 1.29 is 4.79 Å². The lowest BCUT2D eigenvalue weighted by Gasteiger charge is -2.33. The first-order valence-electron chi connectivity index (χ1n) is 8.08. The second-order valence-electron chi connectivity index (χ2n) is 7.22. The first-order valence-corrected chi connectivity index (χ1v) is 11.7. The number of hydrogen-bond donors (Lipinski definition) is 0. The molecule has 1 heterocycles. The number of anilines is 1. The van der Waals surface area contributed by atoms with Crippen LogP contribution in [-0.4, -0.2) is 20.4 Å². The molecular weight excluding hydrogens is 298 g/mol. The van der Waals surface area contributed by atoms with E-state index in [0.29, 0.717) is 6.54 Å². The molecule has 3 heteroatoms. The lowest BCUT2D eigenvalue weighted by Crippen LogP contribution is -2.35. The van der Waals surface area contributed by atoms with Gasteiger partial charge in [0, 0.05) is 29.9 Å². The van der Waals surface area contributed by atoms with E-state index in [2.05, 4.69) is 60.6 Å². The van der Waals surface area contributed by atoms with Crippen LogP contribution in [0.15, 0.2) is 65.9 Å². The van der Waals surface area contributed by atoms with Crippen LogP contribution in [0.3, 0.4) is 0 Å². The van der Waals surface area contributed by atoms with Crippen LogP contribution in [0.2, 0.25) is 19.6 Å². The predicted molar refractivity (Wildman–Crippen MR) is 99.7 cm³/mol. The van der Waals surface area contributed by atoms with Crippen molar-refractivity contribution in [3.8, 4) is 0 Å². The minimum Gasteiger partial charge on any atom is -0.362 e. The fraction of sp³-hybridized carbons (Fsp3) is 0.250. The summed E-state index contributed by atoms with van der Waals surface area (Å²) < 4.78 is 0. The maximum Gasteiger partial charge on any atom is 0.192 e. The number of ketones is 1. The Kier molecular flexibility index (Phi) is 4.22. The maximum absolute atomic E-state index is 12.8. The fourth-order valence-electron chi connectivity index (χ4n) is 3.06. The average Bonchev–Trinajstić information content (AvgIpc) is 2.52. The van der Waals surface area contributed by atoms with Crippen molar-refractivity contribution in [1.82, 2.24) is 0 Å². The zero-order valence-corrected chi connectivity index (χ0v) is 15.0. The van der Waals surface area contributed by atoms with Gasteiger partial charge >= 0.3 is 0 Å². The van der Waals surface area contributed by atoms with Crippen LogP contribution in [-0.2, 0) is 6.54 Å². The molecule has 0 spiro atoms. The summed E-state index contributed by atoms with van der Waals surface area (Å²) in [6, 6.07) is 18.4. The molecule has 0 fully saturated rings. The maximum atomic E-state index is 12.8. The van der Waals surface area contributed by atoms with Gasteiger partial charge in [-0.05, 0) is 17.7 Å². The molecule has 0 bridgehead atoms. The Morgan fingerprint density at radius 1 is 1.00 bits per heavy atom. The number of para-hydroxylation sites is 1. The average molecular weight is 321 g/mol. The molecule has 118 valence electrons. The summed E-state index contributed by atoms with van der Waals surface area (Å²) >= 11 is 0. The number of fused-ring (bicyclic) bond motifs is 1. The zero-order chi connectivity index (χ0) is 16.4. The number of Topliss-reactive ketones (excluding diaryl/α,β-unsaturated/α-hetero) is 1. The van der Waals surface area contributed by atoms with Crippen LogP contribution in [0.4, 0.5) is 5.69 Å². The van der Waals surface area contributed by atoms with E-state index in [4.69, 9.17) is 0 Å². The number of nitrogens with zero attached hydrogens (tertiary/aromatic N) is 1. The highest BCUT2D eigenvalue weighted by Gasteiger charge is 2.28. The van der Waals surface area contributed by atoms with E-state index in [0.717, 1.165) is 23.4 Å². The minimum absolute atomic E-state index is 0.201. The minimum atomic E-state index is -1.44. The summed E-state index contributed by atoms with van der Waals surface area (Å²) in [6.45, 7) is 8.35. The highest BCUT2D eigenvalue weighted by atomic mass is 28.3. The molecule has 0 saturated carbocycles. The number of hydrogen-bond acceptors (Lipinski definition) is 2. The molecule has 0 aromatic heterocycles. The lowest BCUT2D eigenvalue weighted by molar-refractivity contribution is 0.103. The van der Waals surface area contributed by atoms with E-state index < -0.39 is 8.07 Å². The highest BCUT2D eigenvalue weighted by molar-refractivity contribution is 6.81. The van der Waals surface area contributed by atoms with Gasteiger partial charge in [0.1, 0.15) is 0 Å². The molecule has 0 saturated heterocycles. The van der Waals surface area contributed by atoms with Crippen molar-refractivity contribution in [3.63, 3.8) is 0 Å². The van der Waals surface area contributed by atoms with E-state index in [1.165, 1.54) is 5.56 Å². The molecular formula is C20H23NOSi. The van der Waals surface area contributed by atoms with Crippen molar-refractivity contribution in [3.05, 3.63) is 77.0 Å². The molecule has 0 N–H and O–H groups in total. The van der Waals surface area contributed by atoms with Gasteiger partial charge in [-0.2, -0.15) is 0 Å². The Bertz CT molecular complexity index is 744. The summed E-state index contributed by atoms with van der Waals surface area (Å²) in [6.07, 6.45) is 0. The van der Waals surface area contributed by atoms with E-state index in [1.54, 1.807) is 0 Å². The van der Waals surface area contributed by atoms with E-state index in [9.17, 15) is 4.79 Å². The van der Waals surface area contributed by atoms with Crippen molar-refractivity contribution in [1.29, 1.82) is 0 Å². The molecule has 1 aliphatic rings. The molecule has 1 aliphatic heterocycles. The van der Waals surface area contributed by atoms with Gasteiger partial charge < -0.3 is 4.90 Å². The normalized spacial score (nSPS) is 16.6. The Labute approximate surface area is 139 Å². The predicted octanol–water partition coefficient (Wildman–Crippen LogP) is 4.69. The number of carbonyl (C=O) groups excluding carboxylic acids is 1. The molecule has 0 aliphatic carbocycles. The summed E-state index contributed by atoms with van der Waals surface area (Å²) in [4.78, 5) is 15.1. The molecule has 2 nitrogen and oxygen atoms in total. The van der Waals surface area contributed by atoms with Crippen LogP contribution >= 0.6 is 0 Å². The summed E-state index contributed by atoms with van der Waals surface area (Å²) in [5.74, 6) is 0.201. The summed E-state index contributed by atoms with van der Waals surface area (Å²) in [5, 5.41) is 0. The van der Waals surface area contributed by atoms with Crippen LogP contribution in [0.25, 0.3) is 0 Å². The van der Waals surface area contributed by atoms with E-state index in [-0.39, 0.29) is 5.78 Å². The quantitative estimate of drug-likeness (QED) is 0.603. The van der Waals surface area contributed by atoms with Gasteiger partial charge in [0.25, 0.3) is 0 Å². The Hall–Kier alpha value is -2.13. The van der Waals surface area contributed by atoms with E-state index >= 15 is 0 Å². The fourth-order valence-corrected chi connectivity index (χ4v) is 4.32. The summed E-state index contributed by atoms with van der Waals surface area (Å²) in [7, 11) is -1.44. The molecule has 0 radical (unpaired) electrons. The van der Waals surface area contributed by atoms with Crippen molar-refractivity contribution in [2.24, 2.45) is 0 Å². The highest BCUT2D eigenvalue weighted by Crippen LogP contribution is 2.31. The van der Waals surface area contributed by atoms with Crippen LogP contribution in [0, 0.1) is 0 Å². The van der Waals surface area contributed by atoms with Crippen LogP contribution in [0.1, 0.15) is 15.9 Å². The van der Waals surface area contributed by atoms with Gasteiger partial charge in [-0.1, -0.05) is 67.8 Å². The lowest BCUT2D eigenvalue weighted by atomic mass is 9.96. The van der Waals surface area contributed by atoms with Gasteiger partial charge in [0.15, 0.2) is 5.78 Å². The number of benzene rings is 2. The van der Waals surface area contributed by atoms with Crippen molar-refractivity contribution in [2.45, 2.75) is 26.2 Å². The molecule has 0 unspecified atom stereocenters. The third kappa shape index (κ3) is 3.62. The topological polar surface area (TPSA) is 20.3 Å². The molecule has 3 rings (SSSR count). The monoisotopic (exact) mass is 321 g/mol. The molecule has 0 amide bonds. The van der Waals surface area contributed by atoms with Gasteiger partial charge in [-0.25, -0.2) is 0 Å². The molecule has 2 aromatic carbocycles.